The highest BCUT2D eigenvalue weighted by Gasteiger charge is 2.37. The lowest BCUT2D eigenvalue weighted by molar-refractivity contribution is -0.140. The number of likely N-dealkylation sites (tertiary alicyclic amines) is 1. The van der Waals surface area contributed by atoms with Crippen molar-refractivity contribution in [1.29, 1.82) is 0 Å². The van der Waals surface area contributed by atoms with E-state index in [4.69, 9.17) is 4.74 Å². The van der Waals surface area contributed by atoms with Gasteiger partial charge in [-0.25, -0.2) is 4.79 Å². The summed E-state index contributed by atoms with van der Waals surface area (Å²) in [6.45, 7) is 0.0825. The van der Waals surface area contributed by atoms with Gasteiger partial charge in [-0.2, -0.15) is 26.3 Å². The largest absolute Gasteiger partial charge is 0.416 e. The van der Waals surface area contributed by atoms with Crippen LogP contribution in [0.4, 0.5) is 42.5 Å². The second-order valence-corrected chi connectivity index (χ2v) is 7.44. The van der Waals surface area contributed by atoms with Gasteiger partial charge in [0.25, 0.3) is 0 Å². The summed E-state index contributed by atoms with van der Waals surface area (Å²) in [7, 11) is 0. The highest BCUT2D eigenvalue weighted by Crippen LogP contribution is 2.36. The van der Waals surface area contributed by atoms with Crippen LogP contribution >= 0.6 is 0 Å². The fourth-order valence-corrected chi connectivity index (χ4v) is 3.67. The Hall–Kier alpha value is -2.70. The number of halogens is 6. The Morgan fingerprint density at radius 2 is 1.75 bits per heavy atom. The molecule has 1 aromatic rings. The number of morpholine rings is 1. The minimum atomic E-state index is -4.64. The summed E-state index contributed by atoms with van der Waals surface area (Å²) in [6, 6.07) is 0.959. The molecule has 0 bridgehead atoms. The Kier molecular flexibility index (Phi) is 7.06. The standard InChI is InChI=1S/C19H22F6N4O3/c20-18(21,22)11-26-16(30)15-2-1-5-29(15)17(31)27-13-10-12(19(23,24)25)3-4-14(13)28-6-8-32-9-7-28/h3-4,10,15H,1-2,5-9,11H2,(H,26,30)(H,27,31). The molecule has 0 aliphatic carbocycles. The van der Waals surface area contributed by atoms with Crippen molar-refractivity contribution in [3.63, 3.8) is 0 Å². The highest BCUT2D eigenvalue weighted by molar-refractivity contribution is 5.96. The van der Waals surface area contributed by atoms with Crippen LogP contribution in [0.1, 0.15) is 18.4 Å². The first kappa shape index (κ1) is 24.0. The third-order valence-electron chi connectivity index (χ3n) is 5.20. The van der Waals surface area contributed by atoms with Crippen molar-refractivity contribution >= 4 is 23.3 Å². The van der Waals surface area contributed by atoms with Crippen molar-refractivity contribution in [3.8, 4) is 0 Å². The monoisotopic (exact) mass is 468 g/mol. The normalized spacial score (nSPS) is 19.8. The van der Waals surface area contributed by atoms with E-state index in [0.29, 0.717) is 38.4 Å². The molecule has 3 amide bonds. The number of carbonyl (C=O) groups excluding carboxylic acids is 2. The second kappa shape index (κ2) is 9.43. The number of rotatable bonds is 4. The summed E-state index contributed by atoms with van der Waals surface area (Å²) >= 11 is 0. The lowest BCUT2D eigenvalue weighted by Crippen LogP contribution is -2.49. The molecule has 3 rings (SSSR count). The number of hydrogen-bond acceptors (Lipinski definition) is 4. The van der Waals surface area contributed by atoms with E-state index in [9.17, 15) is 35.9 Å². The lowest BCUT2D eigenvalue weighted by atomic mass is 10.1. The van der Waals surface area contributed by atoms with Crippen LogP contribution in [0, 0.1) is 0 Å². The van der Waals surface area contributed by atoms with Crippen LogP contribution in [0.15, 0.2) is 18.2 Å². The maximum absolute atomic E-state index is 13.2. The molecule has 2 saturated heterocycles. The number of nitrogens with zero attached hydrogens (tertiary/aromatic N) is 2. The zero-order valence-corrected chi connectivity index (χ0v) is 16.9. The van der Waals surface area contributed by atoms with E-state index < -0.39 is 42.4 Å². The molecule has 0 aromatic heterocycles. The molecule has 1 unspecified atom stereocenters. The van der Waals surface area contributed by atoms with Crippen LogP contribution < -0.4 is 15.5 Å². The molecule has 1 atom stereocenters. The van der Waals surface area contributed by atoms with Crippen molar-refractivity contribution in [1.82, 2.24) is 10.2 Å². The number of urea groups is 1. The fraction of sp³-hybridized carbons (Fsp3) is 0.579. The summed E-state index contributed by atoms with van der Waals surface area (Å²) < 4.78 is 82.1. The summed E-state index contributed by atoms with van der Waals surface area (Å²) in [5.74, 6) is -0.965. The van der Waals surface area contributed by atoms with Crippen LogP contribution in [0.5, 0.6) is 0 Å². The predicted molar refractivity (Wildman–Crippen MR) is 102 cm³/mol. The number of nitrogens with one attached hydrogen (secondary N) is 2. The van der Waals surface area contributed by atoms with E-state index in [2.05, 4.69) is 5.32 Å². The minimum Gasteiger partial charge on any atom is -0.378 e. The van der Waals surface area contributed by atoms with Crippen LogP contribution in [-0.2, 0) is 15.7 Å². The number of anilines is 2. The van der Waals surface area contributed by atoms with E-state index in [0.717, 1.165) is 17.0 Å². The molecule has 0 spiro atoms. The molecule has 2 heterocycles. The first-order chi connectivity index (χ1) is 15.0. The predicted octanol–water partition coefficient (Wildman–Crippen LogP) is 3.22. The van der Waals surface area contributed by atoms with Gasteiger partial charge >= 0.3 is 18.4 Å². The van der Waals surface area contributed by atoms with Crippen molar-refractivity contribution in [2.24, 2.45) is 0 Å². The zero-order chi connectivity index (χ0) is 23.5. The van der Waals surface area contributed by atoms with Gasteiger partial charge in [0.05, 0.1) is 30.2 Å². The topological polar surface area (TPSA) is 73.9 Å². The summed E-state index contributed by atoms with van der Waals surface area (Å²) in [5, 5.41) is 4.17. The number of hydrogen-bond donors (Lipinski definition) is 2. The van der Waals surface area contributed by atoms with E-state index in [1.54, 1.807) is 10.2 Å². The van der Waals surface area contributed by atoms with Gasteiger partial charge in [-0.15, -0.1) is 0 Å². The van der Waals surface area contributed by atoms with Gasteiger partial charge in [0.1, 0.15) is 12.6 Å². The molecule has 2 fully saturated rings. The summed E-state index contributed by atoms with van der Waals surface area (Å²) in [6.07, 6.45) is -8.73. The minimum absolute atomic E-state index is 0.0851. The van der Waals surface area contributed by atoms with Crippen molar-refractivity contribution < 1.29 is 40.7 Å². The van der Waals surface area contributed by atoms with E-state index in [-0.39, 0.29) is 18.7 Å². The average Bonchev–Trinajstić information content (AvgIpc) is 3.21. The highest BCUT2D eigenvalue weighted by atomic mass is 19.4. The Bertz CT molecular complexity index is 839. The number of benzene rings is 1. The quantitative estimate of drug-likeness (QED) is 0.666. The van der Waals surface area contributed by atoms with E-state index in [1.165, 1.54) is 6.07 Å². The van der Waals surface area contributed by atoms with Crippen molar-refractivity contribution in [3.05, 3.63) is 23.8 Å². The molecule has 2 N–H and O–H groups in total. The molecule has 178 valence electrons. The van der Waals surface area contributed by atoms with Crippen molar-refractivity contribution in [2.75, 3.05) is 49.6 Å². The number of amides is 3. The molecule has 2 aliphatic heterocycles. The third-order valence-corrected chi connectivity index (χ3v) is 5.20. The zero-order valence-electron chi connectivity index (χ0n) is 16.9. The molecule has 1 aromatic carbocycles. The Morgan fingerprint density at radius 1 is 1.06 bits per heavy atom. The molecule has 2 aliphatic rings. The Labute approximate surface area is 179 Å². The SMILES string of the molecule is O=C(NCC(F)(F)F)C1CCCN1C(=O)Nc1cc(C(F)(F)F)ccc1N1CCOCC1. The van der Waals surface area contributed by atoms with Gasteiger partial charge in [0, 0.05) is 19.6 Å². The van der Waals surface area contributed by atoms with Crippen LogP contribution in [-0.4, -0.2) is 68.4 Å². The molecule has 0 radical (unpaired) electrons. The molecular formula is C19H22F6N4O3. The Morgan fingerprint density at radius 3 is 2.38 bits per heavy atom. The number of carbonyl (C=O) groups is 2. The maximum Gasteiger partial charge on any atom is 0.416 e. The van der Waals surface area contributed by atoms with E-state index >= 15 is 0 Å². The molecular weight excluding hydrogens is 446 g/mol. The van der Waals surface area contributed by atoms with Crippen LogP contribution in [0.25, 0.3) is 0 Å². The van der Waals surface area contributed by atoms with Gasteiger partial charge in [-0.3, -0.25) is 4.79 Å². The first-order valence-corrected chi connectivity index (χ1v) is 9.92. The smallest absolute Gasteiger partial charge is 0.378 e. The van der Waals surface area contributed by atoms with Crippen LogP contribution in [0.2, 0.25) is 0 Å². The van der Waals surface area contributed by atoms with Gasteiger partial charge in [-0.1, -0.05) is 0 Å². The summed E-state index contributed by atoms with van der Waals surface area (Å²) in [4.78, 5) is 27.8. The number of alkyl halides is 6. The second-order valence-electron chi connectivity index (χ2n) is 7.44. The summed E-state index contributed by atoms with van der Waals surface area (Å²) in [5.41, 5.74) is -0.717. The number of ether oxygens (including phenoxy) is 1. The molecule has 32 heavy (non-hydrogen) atoms. The van der Waals surface area contributed by atoms with Crippen molar-refractivity contribution in [2.45, 2.75) is 31.2 Å². The third kappa shape index (κ3) is 5.96. The van der Waals surface area contributed by atoms with Crippen LogP contribution in [0.3, 0.4) is 0 Å². The maximum atomic E-state index is 13.2. The fourth-order valence-electron chi connectivity index (χ4n) is 3.67. The van der Waals surface area contributed by atoms with E-state index in [1.807, 2.05) is 0 Å². The first-order valence-electron chi connectivity index (χ1n) is 9.92. The Balaban J connectivity index is 1.79. The molecule has 13 heteroatoms. The van der Waals surface area contributed by atoms with Gasteiger partial charge < -0.3 is 25.2 Å². The molecule has 7 nitrogen and oxygen atoms in total. The lowest BCUT2D eigenvalue weighted by Gasteiger charge is -2.32. The van der Waals surface area contributed by atoms with Gasteiger partial charge in [0.15, 0.2) is 0 Å². The van der Waals surface area contributed by atoms with Gasteiger partial charge in [0.2, 0.25) is 5.91 Å². The average molecular weight is 468 g/mol. The molecule has 0 saturated carbocycles. The van der Waals surface area contributed by atoms with Gasteiger partial charge in [-0.05, 0) is 31.0 Å².